The number of amides is 2. The first-order valence-corrected chi connectivity index (χ1v) is 6.79. The van der Waals surface area contributed by atoms with Crippen molar-refractivity contribution in [3.8, 4) is 0 Å². The predicted molar refractivity (Wildman–Crippen MR) is 69.5 cm³/mol. The Bertz CT molecular complexity index is 284. The standard InChI is InChI=1S/C13H24N2O3/c1-10(2)15(9-12(16)17)13(18)14-11-7-5-3-4-6-8-11/h10-11H,3-9H2,1-2H3,(H,14,18)(H,16,17). The molecule has 0 heterocycles. The summed E-state index contributed by atoms with van der Waals surface area (Å²) in [5.74, 6) is -0.972. The number of carbonyl (C=O) groups excluding carboxylic acids is 1. The molecule has 0 bridgehead atoms. The number of carboxylic acid groups (broad SMARTS) is 1. The highest BCUT2D eigenvalue weighted by atomic mass is 16.4. The van der Waals surface area contributed by atoms with Crippen LogP contribution < -0.4 is 5.32 Å². The Morgan fingerprint density at radius 1 is 1.22 bits per heavy atom. The number of nitrogens with zero attached hydrogens (tertiary/aromatic N) is 1. The van der Waals surface area contributed by atoms with Crippen molar-refractivity contribution in [2.24, 2.45) is 0 Å². The lowest BCUT2D eigenvalue weighted by molar-refractivity contribution is -0.138. The molecule has 18 heavy (non-hydrogen) atoms. The van der Waals surface area contributed by atoms with Crippen LogP contribution in [0.15, 0.2) is 0 Å². The summed E-state index contributed by atoms with van der Waals surface area (Å²) in [5, 5.41) is 11.8. The molecule has 0 radical (unpaired) electrons. The summed E-state index contributed by atoms with van der Waals surface area (Å²) in [6.45, 7) is 3.42. The average molecular weight is 256 g/mol. The fraction of sp³-hybridized carbons (Fsp3) is 0.846. The first-order chi connectivity index (χ1) is 8.50. The Labute approximate surface area is 109 Å². The molecule has 1 aliphatic carbocycles. The SMILES string of the molecule is CC(C)N(CC(=O)O)C(=O)NC1CCCCCC1. The molecule has 1 aliphatic rings. The van der Waals surface area contributed by atoms with Crippen LogP contribution in [0.1, 0.15) is 52.4 Å². The largest absolute Gasteiger partial charge is 0.480 e. The van der Waals surface area contributed by atoms with Gasteiger partial charge >= 0.3 is 12.0 Å². The van der Waals surface area contributed by atoms with Crippen molar-refractivity contribution in [3.05, 3.63) is 0 Å². The van der Waals surface area contributed by atoms with E-state index >= 15 is 0 Å². The molecule has 1 saturated carbocycles. The topological polar surface area (TPSA) is 69.6 Å². The number of nitrogens with one attached hydrogen (secondary N) is 1. The number of aliphatic carboxylic acids is 1. The van der Waals surface area contributed by atoms with Gasteiger partial charge in [0, 0.05) is 12.1 Å². The van der Waals surface area contributed by atoms with Gasteiger partial charge in [-0.1, -0.05) is 25.7 Å². The van der Waals surface area contributed by atoms with E-state index in [9.17, 15) is 9.59 Å². The summed E-state index contributed by atoms with van der Waals surface area (Å²) in [6, 6.07) is -0.152. The quantitative estimate of drug-likeness (QED) is 0.758. The van der Waals surface area contributed by atoms with Crippen LogP contribution in [-0.2, 0) is 4.79 Å². The molecule has 0 aliphatic heterocycles. The van der Waals surface area contributed by atoms with Gasteiger partial charge in [-0.15, -0.1) is 0 Å². The normalized spacial score (nSPS) is 17.3. The van der Waals surface area contributed by atoms with E-state index < -0.39 is 5.97 Å². The lowest BCUT2D eigenvalue weighted by Gasteiger charge is -2.27. The van der Waals surface area contributed by atoms with Crippen molar-refractivity contribution in [1.29, 1.82) is 0 Å². The number of urea groups is 1. The van der Waals surface area contributed by atoms with Gasteiger partial charge in [0.25, 0.3) is 0 Å². The van der Waals surface area contributed by atoms with E-state index in [0.717, 1.165) is 25.7 Å². The van der Waals surface area contributed by atoms with Crippen molar-refractivity contribution >= 4 is 12.0 Å². The maximum absolute atomic E-state index is 12.1. The van der Waals surface area contributed by atoms with Gasteiger partial charge in [-0.3, -0.25) is 4.79 Å². The zero-order valence-corrected chi connectivity index (χ0v) is 11.3. The Hall–Kier alpha value is -1.26. The summed E-state index contributed by atoms with van der Waals surface area (Å²) >= 11 is 0. The molecule has 2 N–H and O–H groups in total. The molecular formula is C13H24N2O3. The smallest absolute Gasteiger partial charge is 0.323 e. The second-order valence-electron chi connectivity index (χ2n) is 5.25. The van der Waals surface area contributed by atoms with Gasteiger partial charge in [-0.25, -0.2) is 4.79 Å². The fourth-order valence-corrected chi connectivity index (χ4v) is 2.32. The molecule has 0 aromatic heterocycles. The number of carboxylic acids is 1. The summed E-state index contributed by atoms with van der Waals surface area (Å²) in [4.78, 5) is 24.2. The minimum absolute atomic E-state index is 0.105. The third-order valence-electron chi connectivity index (χ3n) is 3.37. The van der Waals surface area contributed by atoms with Gasteiger partial charge < -0.3 is 15.3 Å². The van der Waals surface area contributed by atoms with E-state index in [1.165, 1.54) is 17.7 Å². The van der Waals surface area contributed by atoms with Gasteiger partial charge in [-0.05, 0) is 26.7 Å². The number of hydrogen-bond acceptors (Lipinski definition) is 2. The van der Waals surface area contributed by atoms with E-state index in [2.05, 4.69) is 5.32 Å². The first kappa shape index (κ1) is 14.8. The zero-order valence-electron chi connectivity index (χ0n) is 11.3. The van der Waals surface area contributed by atoms with E-state index in [4.69, 9.17) is 5.11 Å². The van der Waals surface area contributed by atoms with Gasteiger partial charge in [-0.2, -0.15) is 0 Å². The minimum atomic E-state index is -0.972. The third-order valence-corrected chi connectivity index (χ3v) is 3.37. The second-order valence-corrected chi connectivity index (χ2v) is 5.25. The van der Waals surface area contributed by atoms with Crippen LogP contribution in [-0.4, -0.2) is 40.6 Å². The Kier molecular flexibility index (Phi) is 5.95. The van der Waals surface area contributed by atoms with Gasteiger partial charge in [0.1, 0.15) is 6.54 Å². The number of hydrogen-bond donors (Lipinski definition) is 2. The van der Waals surface area contributed by atoms with Gasteiger partial charge in [0.05, 0.1) is 0 Å². The van der Waals surface area contributed by atoms with Crippen LogP contribution in [0.3, 0.4) is 0 Å². The first-order valence-electron chi connectivity index (χ1n) is 6.79. The molecule has 104 valence electrons. The summed E-state index contributed by atoms with van der Waals surface area (Å²) in [7, 11) is 0. The Morgan fingerprint density at radius 3 is 2.22 bits per heavy atom. The Balaban J connectivity index is 2.51. The number of carbonyl (C=O) groups is 2. The van der Waals surface area contributed by atoms with Gasteiger partial charge in [0.2, 0.25) is 0 Å². The maximum Gasteiger partial charge on any atom is 0.323 e. The molecule has 0 unspecified atom stereocenters. The molecule has 2 amide bonds. The van der Waals surface area contributed by atoms with Crippen LogP contribution in [0.5, 0.6) is 0 Å². The monoisotopic (exact) mass is 256 g/mol. The summed E-state index contributed by atoms with van der Waals surface area (Å²) in [5.41, 5.74) is 0. The van der Waals surface area contributed by atoms with Crippen LogP contribution in [0.2, 0.25) is 0 Å². The fourth-order valence-electron chi connectivity index (χ4n) is 2.32. The predicted octanol–water partition coefficient (Wildman–Crippen LogP) is 2.21. The number of rotatable bonds is 4. The minimum Gasteiger partial charge on any atom is -0.480 e. The van der Waals surface area contributed by atoms with Crippen LogP contribution in [0, 0.1) is 0 Å². The van der Waals surface area contributed by atoms with Crippen molar-refractivity contribution < 1.29 is 14.7 Å². The van der Waals surface area contributed by atoms with Crippen molar-refractivity contribution in [2.45, 2.75) is 64.5 Å². The molecule has 0 atom stereocenters. The van der Waals surface area contributed by atoms with Crippen LogP contribution in [0.25, 0.3) is 0 Å². The van der Waals surface area contributed by atoms with Crippen LogP contribution in [0.4, 0.5) is 4.79 Å². The van der Waals surface area contributed by atoms with E-state index in [1.807, 2.05) is 13.8 Å². The molecular weight excluding hydrogens is 232 g/mol. The summed E-state index contributed by atoms with van der Waals surface area (Å²) in [6.07, 6.45) is 6.76. The summed E-state index contributed by atoms with van der Waals surface area (Å²) < 4.78 is 0. The molecule has 5 nitrogen and oxygen atoms in total. The van der Waals surface area contributed by atoms with Crippen LogP contribution >= 0.6 is 0 Å². The van der Waals surface area contributed by atoms with Crippen molar-refractivity contribution in [2.75, 3.05) is 6.54 Å². The van der Waals surface area contributed by atoms with Crippen molar-refractivity contribution in [3.63, 3.8) is 0 Å². The second kappa shape index (κ2) is 7.24. The maximum atomic E-state index is 12.1. The third kappa shape index (κ3) is 4.94. The molecule has 0 aromatic carbocycles. The average Bonchev–Trinajstić information content (AvgIpc) is 2.53. The molecule has 5 heteroatoms. The molecule has 0 aromatic rings. The Morgan fingerprint density at radius 2 is 1.78 bits per heavy atom. The lowest BCUT2D eigenvalue weighted by Crippen LogP contribution is -2.49. The van der Waals surface area contributed by atoms with Gasteiger partial charge in [0.15, 0.2) is 0 Å². The lowest BCUT2D eigenvalue weighted by atomic mass is 10.1. The van der Waals surface area contributed by atoms with E-state index in [-0.39, 0.29) is 24.7 Å². The molecule has 1 fully saturated rings. The van der Waals surface area contributed by atoms with E-state index in [0.29, 0.717) is 0 Å². The van der Waals surface area contributed by atoms with E-state index in [1.54, 1.807) is 0 Å². The zero-order chi connectivity index (χ0) is 13.5. The molecule has 0 spiro atoms. The highest BCUT2D eigenvalue weighted by Crippen LogP contribution is 2.17. The highest BCUT2D eigenvalue weighted by molar-refractivity contribution is 5.80. The highest BCUT2D eigenvalue weighted by Gasteiger charge is 2.22. The van der Waals surface area contributed by atoms with Crippen molar-refractivity contribution in [1.82, 2.24) is 10.2 Å². The molecule has 0 saturated heterocycles. The molecule has 1 rings (SSSR count).